The summed E-state index contributed by atoms with van der Waals surface area (Å²) in [5.74, 6) is 0.470. The molecule has 0 aromatic heterocycles. The van der Waals surface area contributed by atoms with Gasteiger partial charge in [-0.15, -0.1) is 0 Å². The van der Waals surface area contributed by atoms with E-state index in [1.807, 2.05) is 0 Å². The van der Waals surface area contributed by atoms with Crippen molar-refractivity contribution >= 4 is 38.9 Å². The molecule has 0 saturated heterocycles. The van der Waals surface area contributed by atoms with Crippen LogP contribution in [0.2, 0.25) is 5.02 Å². The number of carbonyl (C=O) groups excluding carboxylic acids is 1. The van der Waals surface area contributed by atoms with Gasteiger partial charge in [-0.05, 0) is 48.9 Å². The molecule has 0 saturated carbocycles. The first-order valence-electron chi connectivity index (χ1n) is 8.49. The van der Waals surface area contributed by atoms with E-state index in [1.54, 1.807) is 50.4 Å². The fourth-order valence-electron chi connectivity index (χ4n) is 2.77. The predicted octanol–water partition coefficient (Wildman–Crippen LogP) is 3.54. The van der Waals surface area contributed by atoms with E-state index in [0.717, 1.165) is 10.6 Å². The second kappa shape index (κ2) is 9.16. The van der Waals surface area contributed by atoms with Crippen molar-refractivity contribution in [2.45, 2.75) is 19.4 Å². The summed E-state index contributed by atoms with van der Waals surface area (Å²) in [6.45, 7) is 1.73. The van der Waals surface area contributed by atoms with Crippen LogP contribution < -0.4 is 19.1 Å². The second-order valence-electron chi connectivity index (χ2n) is 6.02. The van der Waals surface area contributed by atoms with Gasteiger partial charge in [0, 0.05) is 10.7 Å². The summed E-state index contributed by atoms with van der Waals surface area (Å²) in [6.07, 6.45) is 1.28. The summed E-state index contributed by atoms with van der Waals surface area (Å²) in [7, 11) is -0.846. The Bertz CT molecular complexity index is 932. The number of ether oxygens (including phenoxy) is 2. The zero-order valence-corrected chi connectivity index (χ0v) is 17.7. The van der Waals surface area contributed by atoms with E-state index < -0.39 is 22.0 Å². The van der Waals surface area contributed by atoms with E-state index in [-0.39, 0.29) is 12.1 Å². The van der Waals surface area contributed by atoms with Crippen LogP contribution in [-0.4, -0.2) is 40.8 Å². The maximum absolute atomic E-state index is 12.9. The Hall–Kier alpha value is -2.45. The van der Waals surface area contributed by atoms with Gasteiger partial charge >= 0.3 is 0 Å². The number of sulfonamides is 1. The molecule has 1 atom stereocenters. The summed E-state index contributed by atoms with van der Waals surface area (Å²) >= 11 is 6.06. The lowest BCUT2D eigenvalue weighted by atomic mass is 10.1. The minimum atomic E-state index is -3.81. The smallest absolute Gasteiger partial charge is 0.248 e. The van der Waals surface area contributed by atoms with Crippen molar-refractivity contribution in [3.63, 3.8) is 0 Å². The van der Waals surface area contributed by atoms with Gasteiger partial charge < -0.3 is 14.8 Å². The van der Waals surface area contributed by atoms with Crippen molar-refractivity contribution in [2.24, 2.45) is 0 Å². The van der Waals surface area contributed by atoms with Crippen molar-refractivity contribution in [1.29, 1.82) is 0 Å². The number of carbonyl (C=O) groups is 1. The maximum Gasteiger partial charge on any atom is 0.248 e. The van der Waals surface area contributed by atoms with Crippen LogP contribution in [0.25, 0.3) is 0 Å². The first-order valence-corrected chi connectivity index (χ1v) is 10.7. The van der Waals surface area contributed by atoms with E-state index in [0.29, 0.717) is 22.2 Å². The van der Waals surface area contributed by atoms with Crippen LogP contribution in [-0.2, 0) is 14.8 Å². The quantitative estimate of drug-likeness (QED) is 0.697. The minimum Gasteiger partial charge on any atom is -0.497 e. The zero-order chi connectivity index (χ0) is 20.9. The molecule has 2 aromatic rings. The Labute approximate surface area is 170 Å². The molecule has 0 aliphatic heterocycles. The molecule has 152 valence electrons. The normalized spacial score (nSPS) is 12.2. The summed E-state index contributed by atoms with van der Waals surface area (Å²) in [5, 5.41) is 3.07. The molecule has 9 heteroatoms. The highest BCUT2D eigenvalue weighted by molar-refractivity contribution is 7.92. The predicted molar refractivity (Wildman–Crippen MR) is 111 cm³/mol. The third kappa shape index (κ3) is 5.08. The van der Waals surface area contributed by atoms with Crippen LogP contribution in [0.3, 0.4) is 0 Å². The molecule has 0 bridgehead atoms. The Morgan fingerprint density at radius 3 is 2.29 bits per heavy atom. The van der Waals surface area contributed by atoms with Gasteiger partial charge in [0.2, 0.25) is 15.9 Å². The highest BCUT2D eigenvalue weighted by Gasteiger charge is 2.33. The van der Waals surface area contributed by atoms with Crippen LogP contribution in [0, 0.1) is 0 Å². The molecule has 0 aliphatic rings. The largest absolute Gasteiger partial charge is 0.497 e. The number of methoxy groups -OCH3 is 2. The summed E-state index contributed by atoms with van der Waals surface area (Å²) in [4.78, 5) is 12.9. The highest BCUT2D eigenvalue weighted by Crippen LogP contribution is 2.35. The van der Waals surface area contributed by atoms with E-state index >= 15 is 0 Å². The summed E-state index contributed by atoms with van der Waals surface area (Å²) < 4.78 is 36.6. The zero-order valence-electron chi connectivity index (χ0n) is 16.1. The Morgan fingerprint density at radius 1 is 1.14 bits per heavy atom. The number of hydrogen-bond acceptors (Lipinski definition) is 5. The van der Waals surface area contributed by atoms with Crippen LogP contribution >= 0.6 is 11.6 Å². The first kappa shape index (κ1) is 21.8. The number of amides is 1. The molecular weight excluding hydrogens is 404 g/mol. The summed E-state index contributed by atoms with van der Waals surface area (Å²) in [5.41, 5.74) is 0.727. The van der Waals surface area contributed by atoms with Crippen LogP contribution in [0.15, 0.2) is 42.5 Å². The average Bonchev–Trinajstić information content (AvgIpc) is 2.65. The second-order valence-corrected chi connectivity index (χ2v) is 8.31. The number of benzene rings is 2. The maximum atomic E-state index is 12.9. The van der Waals surface area contributed by atoms with Gasteiger partial charge in [-0.25, -0.2) is 8.42 Å². The fraction of sp³-hybridized carbons (Fsp3) is 0.316. The molecule has 0 spiro atoms. The molecule has 28 heavy (non-hydrogen) atoms. The van der Waals surface area contributed by atoms with Crippen molar-refractivity contribution in [2.75, 3.05) is 30.1 Å². The Kier molecular flexibility index (Phi) is 7.15. The molecule has 0 heterocycles. The lowest BCUT2D eigenvalue weighted by Crippen LogP contribution is -2.47. The molecule has 7 nitrogen and oxygen atoms in total. The van der Waals surface area contributed by atoms with Crippen molar-refractivity contribution in [3.8, 4) is 11.5 Å². The van der Waals surface area contributed by atoms with Gasteiger partial charge in [-0.2, -0.15) is 0 Å². The number of rotatable bonds is 8. The molecule has 0 fully saturated rings. The van der Waals surface area contributed by atoms with Crippen LogP contribution in [0.5, 0.6) is 11.5 Å². The van der Waals surface area contributed by atoms with Crippen molar-refractivity contribution < 1.29 is 22.7 Å². The standard InChI is InChI=1S/C19H23ClN2O5S/c1-5-16(19(23)21-14-7-9-15(26-2)10-8-14)22(28(4,24)25)17-12-13(20)6-11-18(17)27-3/h6-12,16H,5H2,1-4H3,(H,21,23). The van der Waals surface area contributed by atoms with E-state index in [1.165, 1.54) is 13.2 Å². The molecule has 1 N–H and O–H groups in total. The number of hydrogen-bond donors (Lipinski definition) is 1. The van der Waals surface area contributed by atoms with Gasteiger partial charge in [0.15, 0.2) is 0 Å². The van der Waals surface area contributed by atoms with E-state index in [2.05, 4.69) is 5.32 Å². The highest BCUT2D eigenvalue weighted by atomic mass is 35.5. The topological polar surface area (TPSA) is 84.9 Å². The van der Waals surface area contributed by atoms with Crippen molar-refractivity contribution in [3.05, 3.63) is 47.5 Å². The van der Waals surface area contributed by atoms with Crippen LogP contribution in [0.1, 0.15) is 13.3 Å². The number of nitrogens with one attached hydrogen (secondary N) is 1. The Morgan fingerprint density at radius 2 is 1.79 bits per heavy atom. The SMILES string of the molecule is CCC(C(=O)Nc1ccc(OC)cc1)N(c1cc(Cl)ccc1OC)S(C)(=O)=O. The van der Waals surface area contributed by atoms with Gasteiger partial charge in [-0.1, -0.05) is 18.5 Å². The molecule has 0 radical (unpaired) electrons. The first-order chi connectivity index (χ1) is 13.2. The Balaban J connectivity index is 2.43. The van der Waals surface area contributed by atoms with E-state index in [9.17, 15) is 13.2 Å². The van der Waals surface area contributed by atoms with Gasteiger partial charge in [-0.3, -0.25) is 9.10 Å². The third-order valence-electron chi connectivity index (χ3n) is 4.07. The van der Waals surface area contributed by atoms with Gasteiger partial charge in [0.1, 0.15) is 17.5 Å². The number of halogens is 1. The monoisotopic (exact) mass is 426 g/mol. The fourth-order valence-corrected chi connectivity index (χ4v) is 4.14. The van der Waals surface area contributed by atoms with Gasteiger partial charge in [0.25, 0.3) is 0 Å². The average molecular weight is 427 g/mol. The van der Waals surface area contributed by atoms with Crippen LogP contribution in [0.4, 0.5) is 11.4 Å². The lowest BCUT2D eigenvalue weighted by Gasteiger charge is -2.31. The molecule has 1 amide bonds. The lowest BCUT2D eigenvalue weighted by molar-refractivity contribution is -0.117. The summed E-state index contributed by atoms with van der Waals surface area (Å²) in [6, 6.07) is 10.4. The molecule has 0 aliphatic carbocycles. The number of anilines is 2. The third-order valence-corrected chi connectivity index (χ3v) is 5.47. The number of nitrogens with zero attached hydrogens (tertiary/aromatic N) is 1. The molecular formula is C19H23ClN2O5S. The molecule has 2 aromatic carbocycles. The minimum absolute atomic E-state index is 0.203. The molecule has 2 rings (SSSR count). The van der Waals surface area contributed by atoms with Crippen molar-refractivity contribution in [1.82, 2.24) is 0 Å². The molecule has 1 unspecified atom stereocenters. The van der Waals surface area contributed by atoms with Gasteiger partial charge in [0.05, 0.1) is 26.2 Å². The van der Waals surface area contributed by atoms with E-state index in [4.69, 9.17) is 21.1 Å².